The molecule has 0 aliphatic heterocycles. The summed E-state index contributed by atoms with van der Waals surface area (Å²) in [5.41, 5.74) is 4.69. The lowest BCUT2D eigenvalue weighted by atomic mass is 10.0. The SMILES string of the molecule is Cc1cc(C)cc(-c2ccc(OC(C)C(=O)O)cc2)c1. The largest absolute Gasteiger partial charge is 0.479 e. The summed E-state index contributed by atoms with van der Waals surface area (Å²) >= 11 is 0. The van der Waals surface area contributed by atoms with E-state index >= 15 is 0 Å². The predicted molar refractivity (Wildman–Crippen MR) is 79.1 cm³/mol. The number of carboxylic acids is 1. The van der Waals surface area contributed by atoms with Gasteiger partial charge in [-0.1, -0.05) is 41.5 Å². The van der Waals surface area contributed by atoms with Crippen molar-refractivity contribution in [1.29, 1.82) is 0 Å². The second-order valence-electron chi connectivity index (χ2n) is 5.00. The molecule has 2 rings (SSSR count). The van der Waals surface area contributed by atoms with Crippen LogP contribution in [0.3, 0.4) is 0 Å². The van der Waals surface area contributed by atoms with E-state index in [4.69, 9.17) is 9.84 Å². The topological polar surface area (TPSA) is 46.5 Å². The Morgan fingerprint density at radius 2 is 1.55 bits per heavy atom. The van der Waals surface area contributed by atoms with Crippen LogP contribution < -0.4 is 4.74 Å². The second-order valence-corrected chi connectivity index (χ2v) is 5.00. The first kappa shape index (κ1) is 14.1. The van der Waals surface area contributed by atoms with E-state index in [-0.39, 0.29) is 0 Å². The molecule has 3 nitrogen and oxygen atoms in total. The molecule has 0 saturated carbocycles. The summed E-state index contributed by atoms with van der Waals surface area (Å²) in [6.07, 6.45) is -0.845. The molecule has 0 spiro atoms. The fraction of sp³-hybridized carbons (Fsp3) is 0.235. The van der Waals surface area contributed by atoms with Crippen molar-refractivity contribution in [2.24, 2.45) is 0 Å². The van der Waals surface area contributed by atoms with Gasteiger partial charge in [0.25, 0.3) is 0 Å². The maximum atomic E-state index is 10.7. The first-order valence-electron chi connectivity index (χ1n) is 6.54. The smallest absolute Gasteiger partial charge is 0.344 e. The van der Waals surface area contributed by atoms with Gasteiger partial charge < -0.3 is 9.84 Å². The van der Waals surface area contributed by atoms with Gasteiger partial charge in [-0.2, -0.15) is 0 Å². The average molecular weight is 270 g/mol. The summed E-state index contributed by atoms with van der Waals surface area (Å²) in [5.74, 6) is -0.406. The summed E-state index contributed by atoms with van der Waals surface area (Å²) in [4.78, 5) is 10.7. The number of hydrogen-bond acceptors (Lipinski definition) is 2. The number of aliphatic carboxylic acids is 1. The van der Waals surface area contributed by atoms with E-state index in [1.807, 2.05) is 12.1 Å². The minimum Gasteiger partial charge on any atom is -0.479 e. The number of carbonyl (C=O) groups is 1. The summed E-state index contributed by atoms with van der Waals surface area (Å²) in [6, 6.07) is 13.9. The zero-order valence-corrected chi connectivity index (χ0v) is 11.9. The van der Waals surface area contributed by atoms with E-state index in [0.29, 0.717) is 5.75 Å². The van der Waals surface area contributed by atoms with Gasteiger partial charge in [-0.05, 0) is 44.0 Å². The molecule has 2 aromatic rings. The minimum atomic E-state index is -0.969. The lowest BCUT2D eigenvalue weighted by molar-refractivity contribution is -0.144. The lowest BCUT2D eigenvalue weighted by Crippen LogP contribution is -2.22. The van der Waals surface area contributed by atoms with Crippen LogP contribution in [0.5, 0.6) is 5.75 Å². The third kappa shape index (κ3) is 3.38. The predicted octanol–water partition coefficient (Wildman–Crippen LogP) is 3.82. The molecule has 1 atom stereocenters. The Hall–Kier alpha value is -2.29. The van der Waals surface area contributed by atoms with E-state index in [1.54, 1.807) is 12.1 Å². The molecule has 0 fully saturated rings. The van der Waals surface area contributed by atoms with Crippen molar-refractivity contribution in [2.75, 3.05) is 0 Å². The number of benzene rings is 2. The standard InChI is InChI=1S/C17H18O3/c1-11-8-12(2)10-15(9-11)14-4-6-16(7-5-14)20-13(3)17(18)19/h4-10,13H,1-3H3,(H,18,19). The molecule has 0 heterocycles. The van der Waals surface area contributed by atoms with Gasteiger partial charge in [0.2, 0.25) is 0 Å². The third-order valence-electron chi connectivity index (χ3n) is 3.07. The fourth-order valence-electron chi connectivity index (χ4n) is 2.12. The van der Waals surface area contributed by atoms with Gasteiger partial charge in [0.05, 0.1) is 0 Å². The number of carboxylic acid groups (broad SMARTS) is 1. The molecule has 1 unspecified atom stereocenters. The van der Waals surface area contributed by atoms with E-state index in [0.717, 1.165) is 11.1 Å². The number of aryl methyl sites for hydroxylation is 2. The lowest BCUT2D eigenvalue weighted by Gasteiger charge is -2.11. The first-order chi connectivity index (χ1) is 9.45. The highest BCUT2D eigenvalue weighted by Gasteiger charge is 2.12. The monoisotopic (exact) mass is 270 g/mol. The third-order valence-corrected chi connectivity index (χ3v) is 3.07. The molecular formula is C17H18O3. The summed E-state index contributed by atoms with van der Waals surface area (Å²) in [7, 11) is 0. The highest BCUT2D eigenvalue weighted by molar-refractivity contribution is 5.72. The zero-order valence-electron chi connectivity index (χ0n) is 11.9. The maximum absolute atomic E-state index is 10.7. The molecule has 1 N–H and O–H groups in total. The highest BCUT2D eigenvalue weighted by Crippen LogP contribution is 2.24. The van der Waals surface area contributed by atoms with Crippen molar-refractivity contribution in [3.63, 3.8) is 0 Å². The summed E-state index contributed by atoms with van der Waals surface area (Å²) in [6.45, 7) is 5.66. The molecule has 104 valence electrons. The quantitative estimate of drug-likeness (QED) is 0.918. The van der Waals surface area contributed by atoms with Crippen molar-refractivity contribution < 1.29 is 14.6 Å². The van der Waals surface area contributed by atoms with Gasteiger partial charge in [-0.3, -0.25) is 0 Å². The van der Waals surface area contributed by atoms with Crippen LogP contribution in [-0.2, 0) is 4.79 Å². The van der Waals surface area contributed by atoms with Crippen molar-refractivity contribution in [3.8, 4) is 16.9 Å². The Morgan fingerprint density at radius 3 is 2.05 bits per heavy atom. The zero-order chi connectivity index (χ0) is 14.7. The molecule has 0 aliphatic rings. The highest BCUT2D eigenvalue weighted by atomic mass is 16.5. The van der Waals surface area contributed by atoms with Crippen molar-refractivity contribution in [3.05, 3.63) is 53.6 Å². The van der Waals surface area contributed by atoms with Crippen molar-refractivity contribution in [2.45, 2.75) is 26.9 Å². The Bertz CT molecular complexity index is 594. The number of rotatable bonds is 4. The van der Waals surface area contributed by atoms with Gasteiger partial charge in [0.15, 0.2) is 6.10 Å². The van der Waals surface area contributed by atoms with Crippen LogP contribution >= 0.6 is 0 Å². The molecule has 0 radical (unpaired) electrons. The summed E-state index contributed by atoms with van der Waals surface area (Å²) < 4.78 is 5.31. The summed E-state index contributed by atoms with van der Waals surface area (Å²) in [5, 5.41) is 8.81. The second kappa shape index (κ2) is 5.78. The van der Waals surface area contributed by atoms with Crippen LogP contribution in [0.1, 0.15) is 18.1 Å². The molecule has 20 heavy (non-hydrogen) atoms. The van der Waals surface area contributed by atoms with Crippen molar-refractivity contribution in [1.82, 2.24) is 0 Å². The molecular weight excluding hydrogens is 252 g/mol. The van der Waals surface area contributed by atoms with Gasteiger partial charge in [0, 0.05) is 0 Å². The van der Waals surface area contributed by atoms with Crippen LogP contribution in [0.2, 0.25) is 0 Å². The number of ether oxygens (including phenoxy) is 1. The van der Waals surface area contributed by atoms with Gasteiger partial charge in [-0.25, -0.2) is 4.79 Å². The molecule has 3 heteroatoms. The number of hydrogen-bond donors (Lipinski definition) is 1. The molecule has 2 aromatic carbocycles. The van der Waals surface area contributed by atoms with E-state index in [1.165, 1.54) is 18.1 Å². The Balaban J connectivity index is 2.21. The van der Waals surface area contributed by atoms with Crippen LogP contribution in [0.4, 0.5) is 0 Å². The normalized spacial score (nSPS) is 11.9. The van der Waals surface area contributed by atoms with Crippen LogP contribution in [0.25, 0.3) is 11.1 Å². The maximum Gasteiger partial charge on any atom is 0.344 e. The fourth-order valence-corrected chi connectivity index (χ4v) is 2.12. The minimum absolute atomic E-state index is 0.563. The van der Waals surface area contributed by atoms with E-state index < -0.39 is 12.1 Å². The van der Waals surface area contributed by atoms with Gasteiger partial charge >= 0.3 is 5.97 Å². The average Bonchev–Trinajstić information content (AvgIpc) is 2.38. The van der Waals surface area contributed by atoms with E-state index in [2.05, 4.69) is 32.0 Å². The first-order valence-corrected chi connectivity index (χ1v) is 6.54. The molecule has 0 bridgehead atoms. The van der Waals surface area contributed by atoms with Gasteiger partial charge in [0.1, 0.15) is 5.75 Å². The van der Waals surface area contributed by atoms with Crippen molar-refractivity contribution >= 4 is 5.97 Å². The Labute approximate surface area is 118 Å². The van der Waals surface area contributed by atoms with Crippen LogP contribution in [-0.4, -0.2) is 17.2 Å². The molecule has 0 amide bonds. The van der Waals surface area contributed by atoms with E-state index in [9.17, 15) is 4.79 Å². The molecule has 0 aromatic heterocycles. The Kier molecular flexibility index (Phi) is 4.08. The van der Waals surface area contributed by atoms with Crippen LogP contribution in [0, 0.1) is 13.8 Å². The molecule has 0 saturated heterocycles. The van der Waals surface area contributed by atoms with Gasteiger partial charge in [-0.15, -0.1) is 0 Å². The Morgan fingerprint density at radius 1 is 1.00 bits per heavy atom. The van der Waals surface area contributed by atoms with Crippen LogP contribution in [0.15, 0.2) is 42.5 Å². The molecule has 0 aliphatic carbocycles.